The molecule has 58 heavy (non-hydrogen) atoms. The van der Waals surface area contributed by atoms with E-state index >= 15 is 0 Å². The van der Waals surface area contributed by atoms with Crippen molar-refractivity contribution in [2.24, 2.45) is 0 Å². The Morgan fingerprint density at radius 1 is 0.397 bits per heavy atom. The van der Waals surface area contributed by atoms with Crippen molar-refractivity contribution < 1.29 is 42.1 Å². The maximum atomic E-state index is 5.10. The minimum Gasteiger partial charge on any atom is -0.375 e. The van der Waals surface area contributed by atoms with Crippen LogP contribution in [0.15, 0.2) is 138 Å². The van der Waals surface area contributed by atoms with E-state index < -0.39 is 0 Å². The van der Waals surface area contributed by atoms with E-state index in [1.807, 2.05) is 73.8 Å². The van der Waals surface area contributed by atoms with E-state index in [9.17, 15) is 0 Å². The molecule has 12 nitrogen and oxygen atoms in total. The molecule has 9 aromatic rings. The standard InChI is InChI=1S/C38H16B2N12S4.2Pt/c1-5-45-49(9-1)21-13-25-35(41-17-21)53-31-29-32(54-36-26(39(25)29)14-22(18-42-36)50-10-2-6-46-50)34-30-33(31)55-37-27(15-23(19-43-37)51-11-3-7-47-51)40(30)28-16-24(20-44-38(28)56-34)52-12-4-8-48-52;;/h1-12,17-20H;;/q-4;2*+2. The van der Waals surface area contributed by atoms with Crippen LogP contribution in [-0.4, -0.2) is 72.5 Å². The molecule has 0 bridgehead atoms. The number of pyridine rings is 4. The van der Waals surface area contributed by atoms with Gasteiger partial charge in [-0.15, -0.1) is 47.0 Å². The largest absolute Gasteiger partial charge is 2.00 e. The van der Waals surface area contributed by atoms with Gasteiger partial charge in [0.2, 0.25) is 0 Å². The normalized spacial score (nSPS) is 13.6. The van der Waals surface area contributed by atoms with Crippen molar-refractivity contribution in [3.63, 3.8) is 0 Å². The molecule has 0 N–H and O–H groups in total. The van der Waals surface area contributed by atoms with Gasteiger partial charge < -0.3 is 19.9 Å². The van der Waals surface area contributed by atoms with Crippen LogP contribution in [0.3, 0.4) is 0 Å². The predicted molar refractivity (Wildman–Crippen MR) is 213 cm³/mol. The number of benzene rings is 1. The van der Waals surface area contributed by atoms with Gasteiger partial charge in [-0.05, 0) is 78.0 Å². The van der Waals surface area contributed by atoms with Gasteiger partial charge in [-0.25, -0.2) is 0 Å². The van der Waals surface area contributed by atoms with Gasteiger partial charge in [0.1, 0.15) is 0 Å². The first-order chi connectivity index (χ1) is 27.7. The molecule has 0 saturated heterocycles. The minimum absolute atomic E-state index is 0. The van der Waals surface area contributed by atoms with E-state index in [0.717, 1.165) is 84.3 Å². The van der Waals surface area contributed by atoms with Gasteiger partial charge in [0, 0.05) is 69.2 Å². The van der Waals surface area contributed by atoms with Gasteiger partial charge in [0.25, 0.3) is 0 Å². The molecule has 13 rings (SSSR count). The number of hydrogen-bond donors (Lipinski definition) is 0. The molecule has 0 fully saturated rings. The van der Waals surface area contributed by atoms with Crippen LogP contribution in [0.4, 0.5) is 0 Å². The van der Waals surface area contributed by atoms with Gasteiger partial charge in [-0.3, -0.25) is 18.7 Å². The number of aromatic nitrogens is 12. The summed E-state index contributed by atoms with van der Waals surface area (Å²) < 4.78 is 7.20. The molecule has 1 aromatic carbocycles. The summed E-state index contributed by atoms with van der Waals surface area (Å²) >= 11 is 6.76. The first kappa shape index (κ1) is 36.6. The Hall–Kier alpha value is -4.43. The minimum atomic E-state index is -0.258. The average molecular weight is 1180 g/mol. The second-order valence-electron chi connectivity index (χ2n) is 13.2. The molecule has 4 aliphatic heterocycles. The quantitative estimate of drug-likeness (QED) is 0.190. The van der Waals surface area contributed by atoms with E-state index in [-0.39, 0.29) is 55.6 Å². The van der Waals surface area contributed by atoms with Crippen LogP contribution in [0.25, 0.3) is 22.7 Å². The predicted octanol–water partition coefficient (Wildman–Crippen LogP) is 2.10. The average Bonchev–Trinajstić information content (AvgIpc) is 4.10. The molecule has 0 radical (unpaired) electrons. The van der Waals surface area contributed by atoms with E-state index in [1.165, 1.54) is 10.9 Å². The van der Waals surface area contributed by atoms with Gasteiger partial charge >= 0.3 is 42.1 Å². The molecule has 0 aliphatic carbocycles. The summed E-state index contributed by atoms with van der Waals surface area (Å²) in [7, 11) is 0. The second-order valence-corrected chi connectivity index (χ2v) is 17.2. The fourth-order valence-electron chi connectivity index (χ4n) is 7.75. The monoisotopic (exact) mass is 1180 g/mol. The molecule has 278 valence electrons. The summed E-state index contributed by atoms with van der Waals surface area (Å²) in [5, 5.41) is 21.6. The SMILES string of the molecule is [Pt+2].[Pt+2].[c-]1c(-n2cccn2)cnc2c1B1c3[c-]c(-n4cccn4)cnc3Sc3c4c5c(c(c31)S2)Sc1ncc(-n2cccn2)[c-]c1B5c1[c-]c(-n2cccn2)cnc1S4. The van der Waals surface area contributed by atoms with E-state index in [4.69, 9.17) is 19.9 Å². The Bertz CT molecular complexity index is 2670. The molecule has 0 atom stereocenters. The fourth-order valence-corrected chi connectivity index (χ4v) is 12.8. The summed E-state index contributed by atoms with van der Waals surface area (Å²) in [5.74, 6) is 0. The number of rotatable bonds is 4. The van der Waals surface area contributed by atoms with Crippen molar-refractivity contribution in [2.45, 2.75) is 39.7 Å². The van der Waals surface area contributed by atoms with Crippen molar-refractivity contribution in [2.75, 3.05) is 0 Å². The first-order valence-electron chi connectivity index (χ1n) is 17.4. The zero-order chi connectivity index (χ0) is 36.5. The molecule has 20 heteroatoms. The van der Waals surface area contributed by atoms with Crippen LogP contribution in [0.5, 0.6) is 0 Å². The van der Waals surface area contributed by atoms with Gasteiger partial charge in [-0.1, -0.05) is 24.8 Å². The summed E-state index contributed by atoms with van der Waals surface area (Å²) in [6.45, 7) is -0.517. The van der Waals surface area contributed by atoms with Crippen LogP contribution in [-0.2, 0) is 42.1 Å². The second kappa shape index (κ2) is 14.1. The summed E-state index contributed by atoms with van der Waals surface area (Å²) in [6.07, 6.45) is 22.1. The molecular formula is C38H16B2N12Pt2S4. The molecule has 4 aliphatic rings. The summed E-state index contributed by atoms with van der Waals surface area (Å²) in [4.78, 5) is 25.0. The van der Waals surface area contributed by atoms with Crippen LogP contribution < -0.4 is 32.8 Å². The summed E-state index contributed by atoms with van der Waals surface area (Å²) in [5.41, 5.74) is 9.31. The van der Waals surface area contributed by atoms with Gasteiger partial charge in [-0.2, -0.15) is 66.5 Å². The van der Waals surface area contributed by atoms with Crippen LogP contribution >= 0.6 is 47.0 Å². The molecule has 0 spiro atoms. The van der Waals surface area contributed by atoms with Crippen molar-refractivity contribution in [1.82, 2.24) is 59.1 Å². The molecule has 0 unspecified atom stereocenters. The molecule has 8 aromatic heterocycles. The van der Waals surface area contributed by atoms with Crippen molar-refractivity contribution >= 4 is 93.2 Å². The van der Waals surface area contributed by atoms with Crippen molar-refractivity contribution in [1.29, 1.82) is 0 Å². The third kappa shape index (κ3) is 5.45. The molecule has 12 heterocycles. The Morgan fingerprint density at radius 3 is 0.879 bits per heavy atom. The third-order valence-electron chi connectivity index (χ3n) is 10.1. The smallest absolute Gasteiger partial charge is 0.375 e. The van der Waals surface area contributed by atoms with Crippen molar-refractivity contribution in [3.8, 4) is 22.7 Å². The molecular weight excluding hydrogens is 1160 g/mol. The van der Waals surface area contributed by atoms with E-state index in [0.29, 0.717) is 0 Å². The maximum absolute atomic E-state index is 5.10. The Labute approximate surface area is 376 Å². The number of hydrogen-bond acceptors (Lipinski definition) is 12. The first-order valence-corrected chi connectivity index (χ1v) is 20.6. The van der Waals surface area contributed by atoms with Crippen LogP contribution in [0.1, 0.15) is 0 Å². The zero-order valence-electron chi connectivity index (χ0n) is 29.0. The van der Waals surface area contributed by atoms with Crippen LogP contribution in [0.2, 0.25) is 0 Å². The third-order valence-corrected chi connectivity index (χ3v) is 15.0. The topological polar surface area (TPSA) is 123 Å². The Kier molecular flexibility index (Phi) is 8.91. The zero-order valence-corrected chi connectivity index (χ0v) is 36.8. The van der Waals surface area contributed by atoms with Gasteiger partial charge in [0.15, 0.2) is 13.4 Å². The Balaban J connectivity index is 0.00000193. The Morgan fingerprint density at radius 2 is 0.655 bits per heavy atom. The van der Waals surface area contributed by atoms with E-state index in [1.54, 1.807) is 90.6 Å². The number of fused-ring (bicyclic) bond motifs is 10. The molecule has 0 saturated carbocycles. The maximum Gasteiger partial charge on any atom is 2.00 e. The van der Waals surface area contributed by atoms with Crippen molar-refractivity contribution in [3.05, 3.63) is 123 Å². The fraction of sp³-hybridized carbons (Fsp3) is 0. The number of nitrogens with zero attached hydrogens (tertiary/aromatic N) is 12. The summed E-state index contributed by atoms with van der Waals surface area (Å²) in [6, 6.07) is 22.6. The van der Waals surface area contributed by atoms with Gasteiger partial charge in [0.05, 0.1) is 0 Å². The van der Waals surface area contributed by atoms with Crippen LogP contribution in [0, 0.1) is 24.3 Å². The molecule has 0 amide bonds. The van der Waals surface area contributed by atoms with E-state index in [2.05, 4.69) is 44.7 Å².